The summed E-state index contributed by atoms with van der Waals surface area (Å²) in [5.41, 5.74) is 2.46. The quantitative estimate of drug-likeness (QED) is 0.250. The van der Waals surface area contributed by atoms with E-state index < -0.39 is 18.0 Å². The number of carboxylic acid groups (broad SMARTS) is 1. The Hall–Kier alpha value is -5.48. The van der Waals surface area contributed by atoms with Crippen LogP contribution >= 0.6 is 11.3 Å². The molecule has 0 aliphatic carbocycles. The molecule has 1 aliphatic heterocycles. The van der Waals surface area contributed by atoms with E-state index in [9.17, 15) is 19.5 Å². The minimum absolute atomic E-state index is 0.138. The van der Waals surface area contributed by atoms with Gasteiger partial charge in [0.2, 0.25) is 0 Å². The smallest absolute Gasteiger partial charge is 0.338 e. The Morgan fingerprint density at radius 2 is 1.75 bits per heavy atom. The number of nitrogens with zero attached hydrogens (tertiary/aromatic N) is 2. The average molecular weight is 607 g/mol. The number of ether oxygens (including phenoxy) is 2. The summed E-state index contributed by atoms with van der Waals surface area (Å²) in [5.74, 6) is -0.111. The Morgan fingerprint density at radius 3 is 2.45 bits per heavy atom. The molecule has 0 bridgehead atoms. The predicted octanol–water partition coefficient (Wildman–Crippen LogP) is 4.90. The number of thiazole rings is 1. The van der Waals surface area contributed by atoms with Crippen LogP contribution in [0.15, 0.2) is 111 Å². The van der Waals surface area contributed by atoms with Crippen LogP contribution in [0.1, 0.15) is 40.2 Å². The number of hydrogen-bond acceptors (Lipinski definition) is 8. The fraction of sp³-hybridized carbons (Fsp3) is 0.118. The van der Waals surface area contributed by atoms with E-state index in [0.717, 1.165) is 0 Å². The van der Waals surface area contributed by atoms with Crippen LogP contribution in [0.4, 0.5) is 0 Å². The highest BCUT2D eigenvalue weighted by Gasteiger charge is 2.35. The SMILES string of the molecule is CCOC(=O)C1=C(c2ccccc2)N=c2s/c(=C\c3ccc(-c4cccc(C(=O)O)c4)o3)c(=O)n2[C@@H]1c1ccc(OC)cc1. The van der Waals surface area contributed by atoms with Crippen LogP contribution in [0.5, 0.6) is 5.75 Å². The van der Waals surface area contributed by atoms with Crippen molar-refractivity contribution in [3.63, 3.8) is 0 Å². The van der Waals surface area contributed by atoms with Gasteiger partial charge in [0.25, 0.3) is 5.56 Å². The summed E-state index contributed by atoms with van der Waals surface area (Å²) in [6.07, 6.45) is 1.62. The molecule has 0 saturated heterocycles. The first-order valence-corrected chi connectivity index (χ1v) is 14.6. The van der Waals surface area contributed by atoms with E-state index in [4.69, 9.17) is 18.9 Å². The predicted molar refractivity (Wildman–Crippen MR) is 165 cm³/mol. The highest BCUT2D eigenvalue weighted by atomic mass is 32.1. The molecule has 1 atom stereocenters. The van der Waals surface area contributed by atoms with Gasteiger partial charge in [-0.25, -0.2) is 14.6 Å². The number of fused-ring (bicyclic) bond motifs is 1. The molecule has 1 aliphatic rings. The lowest BCUT2D eigenvalue weighted by Gasteiger charge is -2.26. The maximum atomic E-state index is 14.1. The summed E-state index contributed by atoms with van der Waals surface area (Å²) in [5, 5.41) is 9.35. The molecule has 0 fully saturated rings. The van der Waals surface area contributed by atoms with Gasteiger partial charge in [-0.3, -0.25) is 9.36 Å². The topological polar surface area (TPSA) is 120 Å². The normalized spacial score (nSPS) is 14.6. The van der Waals surface area contributed by atoms with Crippen LogP contribution < -0.4 is 19.6 Å². The maximum absolute atomic E-state index is 14.1. The van der Waals surface area contributed by atoms with Gasteiger partial charge >= 0.3 is 11.9 Å². The summed E-state index contributed by atoms with van der Waals surface area (Å²) in [6.45, 7) is 1.88. The van der Waals surface area contributed by atoms with Crippen LogP contribution in [-0.4, -0.2) is 35.3 Å². The molecule has 3 heterocycles. The molecule has 0 spiro atoms. The van der Waals surface area contributed by atoms with Crippen LogP contribution in [0.2, 0.25) is 0 Å². The van der Waals surface area contributed by atoms with Gasteiger partial charge in [-0.1, -0.05) is 65.9 Å². The second-order valence-corrected chi connectivity index (χ2v) is 10.8. The molecule has 3 aromatic carbocycles. The first-order chi connectivity index (χ1) is 21.4. The molecule has 1 N–H and O–H groups in total. The summed E-state index contributed by atoms with van der Waals surface area (Å²) < 4.78 is 18.7. The van der Waals surface area contributed by atoms with Gasteiger partial charge < -0.3 is 19.0 Å². The number of carboxylic acids is 1. The Balaban J connectivity index is 1.53. The molecule has 2 aromatic heterocycles. The van der Waals surface area contributed by atoms with Crippen molar-refractivity contribution in [2.75, 3.05) is 13.7 Å². The third-order valence-electron chi connectivity index (χ3n) is 7.10. The number of rotatable bonds is 8. The van der Waals surface area contributed by atoms with Gasteiger partial charge in [0.1, 0.15) is 17.3 Å². The molecule has 0 radical (unpaired) electrons. The zero-order valence-corrected chi connectivity index (χ0v) is 24.5. The molecule has 220 valence electrons. The second kappa shape index (κ2) is 12.0. The number of aromatic nitrogens is 1. The van der Waals surface area contributed by atoms with Crippen LogP contribution in [-0.2, 0) is 9.53 Å². The summed E-state index contributed by atoms with van der Waals surface area (Å²) >= 11 is 1.18. The van der Waals surface area contributed by atoms with Crippen molar-refractivity contribution in [3.8, 4) is 17.1 Å². The van der Waals surface area contributed by atoms with Crippen molar-refractivity contribution in [1.82, 2.24) is 4.57 Å². The van der Waals surface area contributed by atoms with E-state index in [1.54, 1.807) is 56.5 Å². The largest absolute Gasteiger partial charge is 0.497 e. The van der Waals surface area contributed by atoms with Gasteiger partial charge in [-0.15, -0.1) is 0 Å². The number of carbonyl (C=O) groups excluding carboxylic acids is 1. The zero-order chi connectivity index (χ0) is 30.8. The van der Waals surface area contributed by atoms with E-state index in [1.165, 1.54) is 28.0 Å². The third-order valence-corrected chi connectivity index (χ3v) is 8.08. The summed E-state index contributed by atoms with van der Waals surface area (Å²) in [4.78, 5) is 44.3. The van der Waals surface area contributed by atoms with Crippen molar-refractivity contribution in [2.24, 2.45) is 4.99 Å². The lowest BCUT2D eigenvalue weighted by Crippen LogP contribution is -2.40. The van der Waals surface area contributed by atoms with E-state index in [-0.39, 0.29) is 23.3 Å². The van der Waals surface area contributed by atoms with Gasteiger partial charge in [-0.05, 0) is 48.9 Å². The number of furan rings is 1. The van der Waals surface area contributed by atoms with Crippen LogP contribution in [0, 0.1) is 0 Å². The standard InChI is InChI=1S/C34H26N2O7S/c1-3-42-33(40)28-29(20-8-5-4-6-9-20)35-34-36(30(28)21-12-14-24(41-2)15-13-21)31(37)27(44-34)19-25-16-17-26(43-25)22-10-7-11-23(18-22)32(38)39/h4-19,30H,3H2,1-2H3,(H,38,39)/b27-19-/t30-/m1/s1. The number of esters is 1. The third kappa shape index (κ3) is 5.38. The fourth-order valence-corrected chi connectivity index (χ4v) is 6.04. The van der Waals surface area contributed by atoms with Gasteiger partial charge in [0, 0.05) is 17.2 Å². The lowest BCUT2D eigenvalue weighted by molar-refractivity contribution is -0.138. The Morgan fingerprint density at radius 1 is 1.00 bits per heavy atom. The second-order valence-electron chi connectivity index (χ2n) is 9.79. The minimum atomic E-state index is -1.04. The number of methoxy groups -OCH3 is 1. The van der Waals surface area contributed by atoms with Gasteiger partial charge in [-0.2, -0.15) is 0 Å². The molecular formula is C34H26N2O7S. The summed E-state index contributed by atoms with van der Waals surface area (Å²) in [7, 11) is 1.57. The van der Waals surface area contributed by atoms with Crippen molar-refractivity contribution in [3.05, 3.63) is 139 Å². The molecule has 0 amide bonds. The number of benzene rings is 3. The van der Waals surface area contributed by atoms with Gasteiger partial charge in [0.05, 0.1) is 41.1 Å². The molecule has 0 saturated carbocycles. The van der Waals surface area contributed by atoms with E-state index >= 15 is 0 Å². The highest BCUT2D eigenvalue weighted by molar-refractivity contribution is 7.07. The first kappa shape index (κ1) is 28.6. The van der Waals surface area contributed by atoms with Crippen LogP contribution in [0.3, 0.4) is 0 Å². The molecular weight excluding hydrogens is 580 g/mol. The summed E-state index contributed by atoms with van der Waals surface area (Å²) in [6, 6.07) is 25.5. The molecule has 5 aromatic rings. The minimum Gasteiger partial charge on any atom is -0.497 e. The lowest BCUT2D eigenvalue weighted by atomic mass is 9.93. The Labute approximate surface area is 255 Å². The van der Waals surface area contributed by atoms with Crippen molar-refractivity contribution >= 4 is 35.0 Å². The number of carbonyl (C=O) groups is 2. The van der Waals surface area contributed by atoms with Crippen LogP contribution in [0.25, 0.3) is 23.1 Å². The van der Waals surface area contributed by atoms with E-state index in [0.29, 0.717) is 49.0 Å². The highest BCUT2D eigenvalue weighted by Crippen LogP contribution is 2.35. The molecule has 44 heavy (non-hydrogen) atoms. The van der Waals surface area contributed by atoms with E-state index in [2.05, 4.69) is 0 Å². The van der Waals surface area contributed by atoms with Crippen molar-refractivity contribution < 1.29 is 28.6 Å². The number of hydrogen-bond donors (Lipinski definition) is 1. The molecule has 0 unspecified atom stereocenters. The molecule has 6 rings (SSSR count). The molecule has 10 heteroatoms. The maximum Gasteiger partial charge on any atom is 0.338 e. The Bertz CT molecular complexity index is 2090. The fourth-order valence-electron chi connectivity index (χ4n) is 5.06. The molecule has 9 nitrogen and oxygen atoms in total. The Kier molecular flexibility index (Phi) is 7.82. The number of aromatic carboxylic acids is 1. The first-order valence-electron chi connectivity index (χ1n) is 13.7. The zero-order valence-electron chi connectivity index (χ0n) is 23.7. The van der Waals surface area contributed by atoms with E-state index in [1.807, 2.05) is 42.5 Å². The van der Waals surface area contributed by atoms with Gasteiger partial charge in [0.15, 0.2) is 4.80 Å². The average Bonchev–Trinajstić information content (AvgIpc) is 3.65. The van der Waals surface area contributed by atoms with Crippen molar-refractivity contribution in [2.45, 2.75) is 13.0 Å². The van der Waals surface area contributed by atoms with Crippen molar-refractivity contribution in [1.29, 1.82) is 0 Å². The monoisotopic (exact) mass is 606 g/mol.